The summed E-state index contributed by atoms with van der Waals surface area (Å²) in [5, 5.41) is 8.69. The van der Waals surface area contributed by atoms with Gasteiger partial charge in [0.05, 0.1) is 5.75 Å². The molecule has 24 heavy (non-hydrogen) atoms. The average Bonchev–Trinajstić information content (AvgIpc) is 2.60. The summed E-state index contributed by atoms with van der Waals surface area (Å²) in [6.45, 7) is 0.678. The SMILES string of the molecule is O=C(NO)c1ccc2c(c1)CCN(S(=O)(=O)Cc1ccccc1)C2. The minimum absolute atomic E-state index is 0.0197. The molecule has 1 aliphatic rings. The van der Waals surface area contributed by atoms with Gasteiger partial charge in [-0.3, -0.25) is 10.0 Å². The second-order valence-electron chi connectivity index (χ2n) is 5.75. The number of hydroxylamine groups is 1. The molecule has 0 saturated carbocycles. The third-order valence-electron chi connectivity index (χ3n) is 4.13. The molecule has 3 rings (SSSR count). The molecule has 7 heteroatoms. The van der Waals surface area contributed by atoms with Crippen molar-refractivity contribution in [1.29, 1.82) is 0 Å². The van der Waals surface area contributed by atoms with Crippen molar-refractivity contribution in [2.45, 2.75) is 18.7 Å². The highest BCUT2D eigenvalue weighted by atomic mass is 32.2. The van der Waals surface area contributed by atoms with Gasteiger partial charge in [0.1, 0.15) is 0 Å². The van der Waals surface area contributed by atoms with Gasteiger partial charge in [0.2, 0.25) is 10.0 Å². The van der Waals surface area contributed by atoms with Crippen LogP contribution in [0.25, 0.3) is 0 Å². The Morgan fingerprint density at radius 1 is 1.12 bits per heavy atom. The topological polar surface area (TPSA) is 86.7 Å². The fraction of sp³-hybridized carbons (Fsp3) is 0.235. The molecular weight excluding hydrogens is 328 g/mol. The maximum Gasteiger partial charge on any atom is 0.274 e. The minimum Gasteiger partial charge on any atom is -0.288 e. The molecule has 0 aromatic heterocycles. The van der Waals surface area contributed by atoms with E-state index in [1.807, 2.05) is 18.2 Å². The molecule has 0 aliphatic carbocycles. The molecule has 1 heterocycles. The van der Waals surface area contributed by atoms with Gasteiger partial charge in [0.15, 0.2) is 0 Å². The van der Waals surface area contributed by atoms with E-state index in [2.05, 4.69) is 0 Å². The number of nitrogens with one attached hydrogen (secondary N) is 1. The van der Waals surface area contributed by atoms with Gasteiger partial charge in [-0.05, 0) is 35.2 Å². The first-order chi connectivity index (χ1) is 11.5. The number of sulfonamides is 1. The molecule has 2 aromatic carbocycles. The Bertz CT molecular complexity index is 850. The Morgan fingerprint density at radius 2 is 1.88 bits per heavy atom. The fourth-order valence-corrected chi connectivity index (χ4v) is 4.35. The first-order valence-electron chi connectivity index (χ1n) is 7.57. The Kier molecular flexibility index (Phi) is 4.66. The summed E-state index contributed by atoms with van der Waals surface area (Å²) in [6.07, 6.45) is 0.538. The Hall–Kier alpha value is -2.22. The molecule has 2 N–H and O–H groups in total. The lowest BCUT2D eigenvalue weighted by molar-refractivity contribution is 0.0706. The largest absolute Gasteiger partial charge is 0.288 e. The monoisotopic (exact) mass is 346 g/mol. The molecular formula is C17H18N2O4S. The first kappa shape index (κ1) is 16.6. The zero-order chi connectivity index (χ0) is 17.2. The summed E-state index contributed by atoms with van der Waals surface area (Å²) in [5.41, 5.74) is 4.54. The summed E-state index contributed by atoms with van der Waals surface area (Å²) >= 11 is 0. The number of carbonyl (C=O) groups is 1. The van der Waals surface area contributed by atoms with Gasteiger partial charge in [0, 0.05) is 18.7 Å². The van der Waals surface area contributed by atoms with Crippen LogP contribution in [0.3, 0.4) is 0 Å². The van der Waals surface area contributed by atoms with Crippen molar-refractivity contribution in [2.24, 2.45) is 0 Å². The van der Waals surface area contributed by atoms with Crippen molar-refractivity contribution in [1.82, 2.24) is 9.79 Å². The standard InChI is InChI=1S/C17H18N2O4S/c20-17(18-21)15-6-7-16-11-19(9-8-14(16)10-15)24(22,23)12-13-4-2-1-3-5-13/h1-7,10,21H,8-9,11-12H2,(H,18,20). The Morgan fingerprint density at radius 3 is 2.58 bits per heavy atom. The molecule has 0 saturated heterocycles. The Labute approximate surface area is 140 Å². The quantitative estimate of drug-likeness (QED) is 0.652. The van der Waals surface area contributed by atoms with Crippen LogP contribution < -0.4 is 5.48 Å². The van der Waals surface area contributed by atoms with Crippen LogP contribution in [0.4, 0.5) is 0 Å². The van der Waals surface area contributed by atoms with Gasteiger partial charge in [-0.15, -0.1) is 0 Å². The molecule has 0 unspecified atom stereocenters. The predicted octanol–water partition coefficient (Wildman–Crippen LogP) is 1.69. The van der Waals surface area contributed by atoms with E-state index in [9.17, 15) is 13.2 Å². The lowest BCUT2D eigenvalue weighted by Crippen LogP contribution is -2.36. The second kappa shape index (κ2) is 6.72. The van der Waals surface area contributed by atoms with E-state index in [4.69, 9.17) is 5.21 Å². The maximum absolute atomic E-state index is 12.6. The van der Waals surface area contributed by atoms with Crippen LogP contribution in [-0.4, -0.2) is 30.4 Å². The molecule has 126 valence electrons. The van der Waals surface area contributed by atoms with E-state index in [1.54, 1.807) is 35.8 Å². The number of rotatable bonds is 4. The van der Waals surface area contributed by atoms with E-state index >= 15 is 0 Å². The molecule has 0 atom stereocenters. The molecule has 0 bridgehead atoms. The molecule has 1 amide bonds. The van der Waals surface area contributed by atoms with Crippen LogP contribution in [0.5, 0.6) is 0 Å². The lowest BCUT2D eigenvalue weighted by atomic mass is 9.98. The summed E-state index contributed by atoms with van der Waals surface area (Å²) in [7, 11) is -3.40. The van der Waals surface area contributed by atoms with Gasteiger partial charge < -0.3 is 0 Å². The number of benzene rings is 2. The van der Waals surface area contributed by atoms with E-state index in [1.165, 1.54) is 4.31 Å². The highest BCUT2D eigenvalue weighted by Crippen LogP contribution is 2.24. The number of nitrogens with zero attached hydrogens (tertiary/aromatic N) is 1. The molecule has 0 radical (unpaired) electrons. The average molecular weight is 346 g/mol. The van der Waals surface area contributed by atoms with Crippen LogP contribution in [0.2, 0.25) is 0 Å². The number of carbonyl (C=O) groups excluding carboxylic acids is 1. The van der Waals surface area contributed by atoms with Crippen molar-refractivity contribution in [2.75, 3.05) is 6.54 Å². The Balaban J connectivity index is 1.78. The van der Waals surface area contributed by atoms with Crippen molar-refractivity contribution in [3.05, 3.63) is 70.8 Å². The van der Waals surface area contributed by atoms with Gasteiger partial charge in [-0.1, -0.05) is 36.4 Å². The van der Waals surface area contributed by atoms with Crippen LogP contribution >= 0.6 is 0 Å². The van der Waals surface area contributed by atoms with Crippen molar-refractivity contribution >= 4 is 15.9 Å². The number of hydrogen-bond acceptors (Lipinski definition) is 4. The summed E-state index contributed by atoms with van der Waals surface area (Å²) < 4.78 is 26.7. The van der Waals surface area contributed by atoms with Crippen molar-refractivity contribution in [3.8, 4) is 0 Å². The number of amides is 1. The third kappa shape index (κ3) is 3.48. The molecule has 1 aliphatic heterocycles. The first-order valence-corrected chi connectivity index (χ1v) is 9.18. The van der Waals surface area contributed by atoms with Crippen LogP contribution in [0, 0.1) is 0 Å². The van der Waals surface area contributed by atoms with E-state index < -0.39 is 15.9 Å². The summed E-state index contributed by atoms with van der Waals surface area (Å²) in [6, 6.07) is 14.1. The molecule has 6 nitrogen and oxygen atoms in total. The highest BCUT2D eigenvalue weighted by Gasteiger charge is 2.27. The number of hydrogen-bond donors (Lipinski definition) is 2. The minimum atomic E-state index is -3.40. The zero-order valence-corrected chi connectivity index (χ0v) is 13.8. The summed E-state index contributed by atoms with van der Waals surface area (Å²) in [4.78, 5) is 11.5. The highest BCUT2D eigenvalue weighted by molar-refractivity contribution is 7.88. The fourth-order valence-electron chi connectivity index (χ4n) is 2.85. The van der Waals surface area contributed by atoms with Crippen molar-refractivity contribution in [3.63, 3.8) is 0 Å². The zero-order valence-electron chi connectivity index (χ0n) is 13.0. The molecule has 2 aromatic rings. The normalized spacial score (nSPS) is 14.9. The molecule has 0 fully saturated rings. The second-order valence-corrected chi connectivity index (χ2v) is 7.72. The summed E-state index contributed by atoms with van der Waals surface area (Å²) in [5.74, 6) is -0.592. The van der Waals surface area contributed by atoms with Gasteiger partial charge >= 0.3 is 0 Å². The van der Waals surface area contributed by atoms with Crippen molar-refractivity contribution < 1.29 is 18.4 Å². The molecule has 0 spiro atoms. The maximum atomic E-state index is 12.6. The number of fused-ring (bicyclic) bond motifs is 1. The van der Waals surface area contributed by atoms with E-state index in [0.717, 1.165) is 16.7 Å². The van der Waals surface area contributed by atoms with Gasteiger partial charge in [-0.25, -0.2) is 13.9 Å². The van der Waals surface area contributed by atoms with Gasteiger partial charge in [0.25, 0.3) is 5.91 Å². The predicted molar refractivity (Wildman–Crippen MR) is 88.9 cm³/mol. The van der Waals surface area contributed by atoms with Crippen LogP contribution in [0.1, 0.15) is 27.0 Å². The lowest BCUT2D eigenvalue weighted by Gasteiger charge is -2.28. The smallest absolute Gasteiger partial charge is 0.274 e. The van der Waals surface area contributed by atoms with Crippen LogP contribution in [0.15, 0.2) is 48.5 Å². The van der Waals surface area contributed by atoms with Gasteiger partial charge in [-0.2, -0.15) is 4.31 Å². The van der Waals surface area contributed by atoms with E-state index in [0.29, 0.717) is 25.1 Å². The third-order valence-corrected chi connectivity index (χ3v) is 5.93. The van der Waals surface area contributed by atoms with Crippen LogP contribution in [-0.2, 0) is 28.7 Å². The van der Waals surface area contributed by atoms with E-state index in [-0.39, 0.29) is 5.75 Å².